The van der Waals surface area contributed by atoms with Crippen LogP contribution in [0.3, 0.4) is 0 Å². The Labute approximate surface area is 173 Å². The molecule has 0 spiro atoms. The molecular formula is C22H23N5OS. The zero-order valence-electron chi connectivity index (χ0n) is 16.5. The van der Waals surface area contributed by atoms with E-state index in [2.05, 4.69) is 45.6 Å². The molecule has 0 saturated carbocycles. The number of hydrogen-bond acceptors (Lipinski definition) is 4. The summed E-state index contributed by atoms with van der Waals surface area (Å²) in [5, 5.41) is 13.6. The molecule has 0 bridgehead atoms. The predicted octanol–water partition coefficient (Wildman–Crippen LogP) is 4.34. The van der Waals surface area contributed by atoms with E-state index in [-0.39, 0.29) is 5.91 Å². The van der Waals surface area contributed by atoms with Crippen LogP contribution in [0.1, 0.15) is 18.9 Å². The van der Waals surface area contributed by atoms with Gasteiger partial charge in [-0.15, -0.1) is 10.2 Å². The van der Waals surface area contributed by atoms with Crippen molar-refractivity contribution >= 4 is 28.6 Å². The number of aryl methyl sites for hydroxylation is 1. The molecule has 2 N–H and O–H groups in total. The predicted molar refractivity (Wildman–Crippen MR) is 117 cm³/mol. The van der Waals surface area contributed by atoms with E-state index >= 15 is 0 Å². The number of carbonyl (C=O) groups is 1. The lowest BCUT2D eigenvalue weighted by molar-refractivity contribution is -0.118. The molecule has 0 aliphatic carbocycles. The Morgan fingerprint density at radius 2 is 2.03 bits per heavy atom. The van der Waals surface area contributed by atoms with Crippen molar-refractivity contribution < 1.29 is 4.79 Å². The van der Waals surface area contributed by atoms with Gasteiger partial charge in [-0.3, -0.25) is 9.36 Å². The fourth-order valence-corrected chi connectivity index (χ4v) is 4.02. The highest BCUT2D eigenvalue weighted by Crippen LogP contribution is 2.32. The van der Waals surface area contributed by atoms with Crippen LogP contribution in [0.15, 0.2) is 59.9 Å². The van der Waals surface area contributed by atoms with Gasteiger partial charge >= 0.3 is 0 Å². The van der Waals surface area contributed by atoms with Gasteiger partial charge in [0.05, 0.1) is 5.75 Å². The highest BCUT2D eigenvalue weighted by atomic mass is 32.2. The summed E-state index contributed by atoms with van der Waals surface area (Å²) in [6.07, 6.45) is 2.88. The van der Waals surface area contributed by atoms with Crippen LogP contribution in [0.4, 0.5) is 0 Å². The molecule has 0 fully saturated rings. The second-order valence-corrected chi connectivity index (χ2v) is 7.81. The molecule has 4 aromatic rings. The van der Waals surface area contributed by atoms with Gasteiger partial charge in [-0.1, -0.05) is 49.0 Å². The van der Waals surface area contributed by atoms with Gasteiger partial charge < -0.3 is 10.3 Å². The van der Waals surface area contributed by atoms with Gasteiger partial charge in [0.15, 0.2) is 11.0 Å². The van der Waals surface area contributed by atoms with Crippen LogP contribution in [0.5, 0.6) is 0 Å². The van der Waals surface area contributed by atoms with E-state index in [1.165, 1.54) is 11.8 Å². The van der Waals surface area contributed by atoms with Gasteiger partial charge in [-0.2, -0.15) is 0 Å². The number of aromatic nitrogens is 4. The Morgan fingerprint density at radius 1 is 1.17 bits per heavy atom. The van der Waals surface area contributed by atoms with Gasteiger partial charge in [-0.25, -0.2) is 0 Å². The Kier molecular flexibility index (Phi) is 5.67. The standard InChI is InChI=1S/C22H23N5OS/c1-3-11-23-20(28)14-29-22-26-25-21(27(22)16-8-6-7-15(2)12-16)18-13-24-19-10-5-4-9-17(18)19/h4-10,12-13,24H,3,11,14H2,1-2H3,(H,23,28). The van der Waals surface area contributed by atoms with Crippen LogP contribution >= 0.6 is 11.8 Å². The number of carbonyl (C=O) groups excluding carboxylic acids is 1. The zero-order chi connectivity index (χ0) is 20.2. The van der Waals surface area contributed by atoms with Crippen molar-refractivity contribution in [3.05, 3.63) is 60.3 Å². The van der Waals surface area contributed by atoms with E-state index < -0.39 is 0 Å². The van der Waals surface area contributed by atoms with Crippen LogP contribution in [0.25, 0.3) is 28.0 Å². The maximum absolute atomic E-state index is 12.1. The summed E-state index contributed by atoms with van der Waals surface area (Å²) in [6, 6.07) is 16.3. The third-order valence-electron chi connectivity index (χ3n) is 4.63. The topological polar surface area (TPSA) is 75.6 Å². The minimum atomic E-state index is 0.00397. The quantitative estimate of drug-likeness (QED) is 0.449. The van der Waals surface area contributed by atoms with Crippen LogP contribution in [-0.4, -0.2) is 38.0 Å². The van der Waals surface area contributed by atoms with Crippen LogP contribution in [-0.2, 0) is 4.79 Å². The molecule has 6 nitrogen and oxygen atoms in total. The number of H-pyrrole nitrogens is 1. The zero-order valence-corrected chi connectivity index (χ0v) is 17.3. The summed E-state index contributed by atoms with van der Waals surface area (Å²) >= 11 is 1.40. The number of aromatic amines is 1. The van der Waals surface area contributed by atoms with Crippen molar-refractivity contribution in [2.24, 2.45) is 0 Å². The monoisotopic (exact) mass is 405 g/mol. The Morgan fingerprint density at radius 3 is 2.86 bits per heavy atom. The molecule has 0 radical (unpaired) electrons. The fraction of sp³-hybridized carbons (Fsp3) is 0.227. The van der Waals surface area contributed by atoms with Gasteiger partial charge in [0.1, 0.15) is 0 Å². The lowest BCUT2D eigenvalue weighted by Gasteiger charge is -2.11. The number of nitrogens with zero attached hydrogens (tertiary/aromatic N) is 3. The van der Waals surface area contributed by atoms with Crippen molar-refractivity contribution in [1.29, 1.82) is 0 Å². The van der Waals surface area contributed by atoms with Gasteiger partial charge in [0, 0.05) is 34.9 Å². The first-order chi connectivity index (χ1) is 14.2. The van der Waals surface area contributed by atoms with Crippen molar-refractivity contribution in [2.75, 3.05) is 12.3 Å². The number of rotatable bonds is 7. The molecule has 148 valence electrons. The van der Waals surface area contributed by atoms with Crippen LogP contribution < -0.4 is 5.32 Å². The second kappa shape index (κ2) is 8.53. The maximum Gasteiger partial charge on any atom is 0.230 e. The van der Waals surface area contributed by atoms with Crippen molar-refractivity contribution in [3.8, 4) is 17.1 Å². The Hall–Kier alpha value is -3.06. The summed E-state index contributed by atoms with van der Waals surface area (Å²) < 4.78 is 2.03. The average molecular weight is 406 g/mol. The third kappa shape index (κ3) is 4.05. The molecule has 0 atom stereocenters. The smallest absolute Gasteiger partial charge is 0.230 e. The molecule has 2 heterocycles. The van der Waals surface area contributed by atoms with Crippen LogP contribution in [0, 0.1) is 6.92 Å². The van der Waals surface area contributed by atoms with Crippen molar-refractivity contribution in [1.82, 2.24) is 25.1 Å². The van der Waals surface area contributed by atoms with E-state index in [9.17, 15) is 4.79 Å². The second-order valence-electron chi connectivity index (χ2n) is 6.87. The molecule has 0 aliphatic heterocycles. The minimum absolute atomic E-state index is 0.00397. The molecule has 0 saturated heterocycles. The minimum Gasteiger partial charge on any atom is -0.360 e. The molecule has 0 unspecified atom stereocenters. The number of para-hydroxylation sites is 1. The first-order valence-electron chi connectivity index (χ1n) is 9.66. The third-order valence-corrected chi connectivity index (χ3v) is 5.56. The summed E-state index contributed by atoms with van der Waals surface area (Å²) in [5.74, 6) is 1.06. The molecule has 4 rings (SSSR count). The highest BCUT2D eigenvalue weighted by Gasteiger charge is 2.19. The largest absolute Gasteiger partial charge is 0.360 e. The molecule has 1 amide bonds. The summed E-state index contributed by atoms with van der Waals surface area (Å²) in [5.41, 5.74) is 4.16. The molecule has 2 aromatic heterocycles. The number of fused-ring (bicyclic) bond motifs is 1. The van der Waals surface area contributed by atoms with Gasteiger partial charge in [0.25, 0.3) is 0 Å². The SMILES string of the molecule is CCCNC(=O)CSc1nnc(-c2c[nH]c3ccccc23)n1-c1cccc(C)c1. The summed E-state index contributed by atoms with van der Waals surface area (Å²) in [6.45, 7) is 4.78. The first-order valence-corrected chi connectivity index (χ1v) is 10.6. The lowest BCUT2D eigenvalue weighted by Crippen LogP contribution is -2.25. The molecule has 29 heavy (non-hydrogen) atoms. The fourth-order valence-electron chi connectivity index (χ4n) is 3.24. The molecular weight excluding hydrogens is 382 g/mol. The molecule has 2 aromatic carbocycles. The normalized spacial score (nSPS) is 11.1. The summed E-state index contributed by atoms with van der Waals surface area (Å²) in [4.78, 5) is 15.4. The maximum atomic E-state index is 12.1. The number of thioether (sulfide) groups is 1. The lowest BCUT2D eigenvalue weighted by atomic mass is 10.1. The summed E-state index contributed by atoms with van der Waals surface area (Å²) in [7, 11) is 0. The van der Waals surface area contributed by atoms with Gasteiger partial charge in [0.2, 0.25) is 5.91 Å². The molecule has 7 heteroatoms. The number of amides is 1. The van der Waals surface area contributed by atoms with Crippen molar-refractivity contribution in [3.63, 3.8) is 0 Å². The van der Waals surface area contributed by atoms with E-state index in [4.69, 9.17) is 0 Å². The average Bonchev–Trinajstić information content (AvgIpc) is 3.34. The van der Waals surface area contributed by atoms with E-state index in [1.54, 1.807) is 0 Å². The van der Waals surface area contributed by atoms with Gasteiger partial charge in [-0.05, 0) is 37.1 Å². The Bertz CT molecular complexity index is 1150. The van der Waals surface area contributed by atoms with Crippen molar-refractivity contribution in [2.45, 2.75) is 25.4 Å². The Balaban J connectivity index is 1.76. The number of benzene rings is 2. The first kappa shape index (κ1) is 19.3. The van der Waals surface area contributed by atoms with E-state index in [0.717, 1.165) is 40.0 Å². The van der Waals surface area contributed by atoms with E-state index in [0.29, 0.717) is 17.5 Å². The number of hydrogen-bond donors (Lipinski definition) is 2. The van der Waals surface area contributed by atoms with Crippen LogP contribution in [0.2, 0.25) is 0 Å². The highest BCUT2D eigenvalue weighted by molar-refractivity contribution is 7.99. The molecule has 0 aliphatic rings. The number of nitrogens with one attached hydrogen (secondary N) is 2. The van der Waals surface area contributed by atoms with E-state index in [1.807, 2.05) is 48.0 Å².